The highest BCUT2D eigenvalue weighted by atomic mass is 79.9. The van der Waals surface area contributed by atoms with Crippen molar-refractivity contribution in [1.29, 1.82) is 0 Å². The van der Waals surface area contributed by atoms with Gasteiger partial charge in [-0.05, 0) is 60.2 Å². The van der Waals surface area contributed by atoms with Crippen molar-refractivity contribution in [1.82, 2.24) is 35.4 Å². The highest BCUT2D eigenvalue weighted by Gasteiger charge is 2.28. The van der Waals surface area contributed by atoms with E-state index in [2.05, 4.69) is 80.0 Å². The zero-order chi connectivity index (χ0) is 24.2. The lowest BCUT2D eigenvalue weighted by Crippen LogP contribution is -2.31. The first-order valence-corrected chi connectivity index (χ1v) is 12.7. The number of nitrogens with one attached hydrogen (secondary N) is 3. The van der Waals surface area contributed by atoms with Crippen LogP contribution in [0, 0.1) is 0 Å². The molecule has 0 amide bonds. The average molecular weight is 559 g/mol. The number of imidazole rings is 1. The predicted molar refractivity (Wildman–Crippen MR) is 151 cm³/mol. The first-order chi connectivity index (χ1) is 17.8. The number of aromatic amines is 2. The monoisotopic (exact) mass is 557 g/mol. The Morgan fingerprint density at radius 2 is 1.78 bits per heavy atom. The summed E-state index contributed by atoms with van der Waals surface area (Å²) in [6, 6.07) is 23.7. The van der Waals surface area contributed by atoms with Crippen molar-refractivity contribution < 1.29 is 0 Å². The second kappa shape index (κ2) is 11.8. The molecule has 5 aromatic rings. The van der Waals surface area contributed by atoms with Crippen LogP contribution in [0.2, 0.25) is 0 Å². The van der Waals surface area contributed by atoms with Gasteiger partial charge in [0.1, 0.15) is 5.82 Å². The minimum Gasteiger partial charge on any atom is -0.341 e. The minimum atomic E-state index is 0. The van der Waals surface area contributed by atoms with E-state index in [0.29, 0.717) is 0 Å². The van der Waals surface area contributed by atoms with Crippen LogP contribution in [0.5, 0.6) is 0 Å². The van der Waals surface area contributed by atoms with E-state index in [9.17, 15) is 0 Å². The summed E-state index contributed by atoms with van der Waals surface area (Å²) in [7, 11) is 0. The van der Waals surface area contributed by atoms with Gasteiger partial charge < -0.3 is 10.3 Å². The van der Waals surface area contributed by atoms with Gasteiger partial charge in [0.15, 0.2) is 0 Å². The maximum atomic E-state index is 4.88. The molecule has 0 saturated carbocycles. The van der Waals surface area contributed by atoms with Gasteiger partial charge >= 0.3 is 0 Å². The molecule has 0 aliphatic heterocycles. The van der Waals surface area contributed by atoms with E-state index in [4.69, 9.17) is 9.97 Å². The van der Waals surface area contributed by atoms with Gasteiger partial charge in [-0.25, -0.2) is 4.98 Å². The van der Waals surface area contributed by atoms with Crippen LogP contribution < -0.4 is 5.32 Å². The fraction of sp³-hybridized carbons (Fsp3) is 0.276. The fourth-order valence-electron chi connectivity index (χ4n) is 5.21. The van der Waals surface area contributed by atoms with Crippen LogP contribution in [0.4, 0.5) is 0 Å². The Balaban J connectivity index is 0.00000280. The van der Waals surface area contributed by atoms with Crippen molar-refractivity contribution in [2.45, 2.75) is 51.5 Å². The van der Waals surface area contributed by atoms with E-state index in [1.165, 1.54) is 28.8 Å². The van der Waals surface area contributed by atoms with E-state index >= 15 is 0 Å². The molecule has 190 valence electrons. The lowest BCUT2D eigenvalue weighted by atomic mass is 9.90. The lowest BCUT2D eigenvalue weighted by molar-refractivity contribution is 0.153. The first-order valence-electron chi connectivity index (χ1n) is 12.7. The molecule has 0 spiro atoms. The average Bonchev–Trinajstić information content (AvgIpc) is 3.58. The van der Waals surface area contributed by atoms with Gasteiger partial charge in [0.2, 0.25) is 0 Å². The second-order valence-corrected chi connectivity index (χ2v) is 9.55. The number of hydrogen-bond donors (Lipinski definition) is 3. The molecule has 1 unspecified atom stereocenters. The van der Waals surface area contributed by atoms with E-state index in [1.807, 2.05) is 24.5 Å². The molecule has 0 fully saturated rings. The van der Waals surface area contributed by atoms with Crippen LogP contribution in [0.3, 0.4) is 0 Å². The molecule has 7 nitrogen and oxygen atoms in total. The zero-order valence-corrected chi connectivity index (χ0v) is 22.4. The third-order valence-corrected chi connectivity index (χ3v) is 7.00. The van der Waals surface area contributed by atoms with Crippen molar-refractivity contribution in [3.05, 3.63) is 113 Å². The molecular formula is C29H32BrN7. The third-order valence-electron chi connectivity index (χ3n) is 7.00. The van der Waals surface area contributed by atoms with Crippen LogP contribution in [-0.2, 0) is 32.6 Å². The predicted octanol–water partition coefficient (Wildman–Crippen LogP) is 5.63. The molecule has 0 bridgehead atoms. The summed E-state index contributed by atoms with van der Waals surface area (Å²) in [6.07, 6.45) is 7.18. The summed E-state index contributed by atoms with van der Waals surface area (Å²) in [4.78, 5) is 15.8. The third kappa shape index (κ3) is 5.98. The summed E-state index contributed by atoms with van der Waals surface area (Å²) >= 11 is 0. The molecule has 1 aliphatic rings. The quantitative estimate of drug-likeness (QED) is 0.219. The Morgan fingerprint density at radius 3 is 2.62 bits per heavy atom. The van der Waals surface area contributed by atoms with Crippen LogP contribution in [0.15, 0.2) is 79.1 Å². The first kappa shape index (κ1) is 25.3. The van der Waals surface area contributed by atoms with Crippen molar-refractivity contribution >= 4 is 28.0 Å². The Bertz CT molecular complexity index is 1380. The number of H-pyrrole nitrogens is 2. The van der Waals surface area contributed by atoms with Crippen molar-refractivity contribution in [3.8, 4) is 0 Å². The Labute approximate surface area is 227 Å². The smallest absolute Gasteiger partial charge is 0.121 e. The van der Waals surface area contributed by atoms with Gasteiger partial charge in [0, 0.05) is 32.0 Å². The van der Waals surface area contributed by atoms with Crippen molar-refractivity contribution in [3.63, 3.8) is 0 Å². The molecule has 3 N–H and O–H groups in total. The number of rotatable bonds is 9. The maximum Gasteiger partial charge on any atom is 0.121 e. The summed E-state index contributed by atoms with van der Waals surface area (Å²) in [5, 5.41) is 10.5. The molecule has 0 radical (unpaired) electrons. The SMILES string of the molecule is Br.c1cnc2c(c1)CCCC2N(Cc1ccc(CNCc2cc[nH]n2)cc1)Cc1nc2ccccc2[nH]1. The van der Waals surface area contributed by atoms with Crippen LogP contribution in [0.1, 0.15) is 52.8 Å². The zero-order valence-electron chi connectivity index (χ0n) is 20.7. The van der Waals surface area contributed by atoms with E-state index in [-0.39, 0.29) is 23.0 Å². The molecule has 0 saturated heterocycles. The summed E-state index contributed by atoms with van der Waals surface area (Å²) in [5.41, 5.74) is 8.28. The van der Waals surface area contributed by atoms with Crippen LogP contribution in [-0.4, -0.2) is 30.0 Å². The molecule has 1 atom stereocenters. The van der Waals surface area contributed by atoms with Gasteiger partial charge in [-0.2, -0.15) is 5.10 Å². The van der Waals surface area contributed by atoms with Crippen LogP contribution >= 0.6 is 17.0 Å². The van der Waals surface area contributed by atoms with E-state index in [0.717, 1.165) is 61.6 Å². The Hall–Kier alpha value is -3.33. The Morgan fingerprint density at radius 1 is 0.919 bits per heavy atom. The molecule has 3 heterocycles. The normalized spacial score (nSPS) is 15.0. The van der Waals surface area contributed by atoms with E-state index < -0.39 is 0 Å². The topological polar surface area (TPSA) is 85.5 Å². The molecule has 8 heteroatoms. The minimum absolute atomic E-state index is 0. The number of nitrogens with zero attached hydrogens (tertiary/aromatic N) is 4. The number of hydrogen-bond acceptors (Lipinski definition) is 5. The molecule has 37 heavy (non-hydrogen) atoms. The summed E-state index contributed by atoms with van der Waals surface area (Å²) < 4.78 is 0. The number of fused-ring (bicyclic) bond motifs is 2. The standard InChI is InChI=1S/C29H31N7.BrH/c1-2-8-26-25(7-1)33-28(34-26)20-36(27-9-3-5-23-6-4-15-31-29(23)27)19-22-12-10-21(11-13-22)17-30-18-24-14-16-32-35-24;/h1-2,4,6-8,10-16,27,30H,3,5,9,17-20H2,(H,32,35)(H,33,34);1H. The van der Waals surface area contributed by atoms with Gasteiger partial charge in [-0.15, -0.1) is 17.0 Å². The molecule has 6 rings (SSSR count). The summed E-state index contributed by atoms with van der Waals surface area (Å²) in [6.45, 7) is 3.17. The molecule has 2 aromatic carbocycles. The Kier molecular flexibility index (Phi) is 8.08. The van der Waals surface area contributed by atoms with E-state index in [1.54, 1.807) is 0 Å². The highest BCUT2D eigenvalue weighted by molar-refractivity contribution is 8.93. The van der Waals surface area contributed by atoms with Crippen molar-refractivity contribution in [2.75, 3.05) is 0 Å². The molecule has 3 aromatic heterocycles. The highest BCUT2D eigenvalue weighted by Crippen LogP contribution is 2.34. The van der Waals surface area contributed by atoms with Gasteiger partial charge in [0.25, 0.3) is 0 Å². The number of benzene rings is 2. The number of halogens is 1. The number of para-hydroxylation sites is 2. The van der Waals surface area contributed by atoms with Gasteiger partial charge in [0.05, 0.1) is 35.0 Å². The molecule has 1 aliphatic carbocycles. The van der Waals surface area contributed by atoms with Gasteiger partial charge in [-0.1, -0.05) is 42.5 Å². The van der Waals surface area contributed by atoms with Gasteiger partial charge in [-0.3, -0.25) is 15.0 Å². The number of pyridine rings is 1. The number of aromatic nitrogens is 5. The van der Waals surface area contributed by atoms with Crippen LogP contribution in [0.25, 0.3) is 11.0 Å². The lowest BCUT2D eigenvalue weighted by Gasteiger charge is -2.34. The molecular weight excluding hydrogens is 526 g/mol. The largest absolute Gasteiger partial charge is 0.341 e. The number of aryl methyl sites for hydroxylation is 1. The summed E-state index contributed by atoms with van der Waals surface area (Å²) in [5.74, 6) is 0.999. The fourth-order valence-corrected chi connectivity index (χ4v) is 5.21. The maximum absolute atomic E-state index is 4.88. The van der Waals surface area contributed by atoms with Crippen molar-refractivity contribution in [2.24, 2.45) is 0 Å². The second-order valence-electron chi connectivity index (χ2n) is 9.55.